The number of benzene rings is 2. The molecule has 1 unspecified atom stereocenters. The molecule has 0 radical (unpaired) electrons. The van der Waals surface area contributed by atoms with Gasteiger partial charge in [0, 0.05) is 0 Å². The topological polar surface area (TPSA) is 151 Å². The van der Waals surface area contributed by atoms with Crippen molar-refractivity contribution in [2.45, 2.75) is 17.4 Å². The number of hydrogen-bond donors (Lipinski definition) is 4. The molecule has 0 fully saturated rings. The van der Waals surface area contributed by atoms with Crippen LogP contribution < -0.4 is 9.47 Å². The first-order chi connectivity index (χ1) is 12.1. The van der Waals surface area contributed by atoms with Crippen molar-refractivity contribution in [3.8, 4) is 28.7 Å². The van der Waals surface area contributed by atoms with Gasteiger partial charge in [0.1, 0.15) is 17.4 Å². The highest BCUT2D eigenvalue weighted by Crippen LogP contribution is 2.53. The fraction of sp³-hybridized carbons (Fsp3) is 0.188. The molecule has 0 aliphatic carbocycles. The van der Waals surface area contributed by atoms with Crippen LogP contribution in [0.1, 0.15) is 28.4 Å². The predicted octanol–water partition coefficient (Wildman–Crippen LogP) is 1.77. The first kappa shape index (κ1) is 17.8. The number of phenolic OH excluding ortho intramolecular Hbond substituents is 3. The summed E-state index contributed by atoms with van der Waals surface area (Å²) in [6.07, 6.45) is -1.20. The molecule has 0 aromatic heterocycles. The molecule has 3 rings (SSSR count). The quantitative estimate of drug-likeness (QED) is 0.582. The van der Waals surface area contributed by atoms with Gasteiger partial charge in [0.25, 0.3) is 0 Å². The van der Waals surface area contributed by atoms with Gasteiger partial charge in [-0.05, 0) is 17.7 Å². The monoisotopic (exact) mass is 382 g/mol. The van der Waals surface area contributed by atoms with Gasteiger partial charge in [-0.3, -0.25) is 9.35 Å². The zero-order valence-corrected chi connectivity index (χ0v) is 14.1. The first-order valence-electron chi connectivity index (χ1n) is 7.27. The van der Waals surface area contributed by atoms with E-state index in [1.54, 1.807) is 0 Å². The molecule has 1 aliphatic heterocycles. The van der Waals surface area contributed by atoms with E-state index in [0.29, 0.717) is 5.56 Å². The van der Waals surface area contributed by atoms with Crippen LogP contribution >= 0.6 is 0 Å². The standard InChI is InChI=1S/C16H14O9S/c1-24-15-12(19)11-9(18)6-10(7-2-4-8(17)5-3-7)25-14(11)16(13(15)20)26(21,22)23/h2-5,10,17,19-20H,6H2,1H3,(H,21,22,23). The largest absolute Gasteiger partial charge is 0.508 e. The summed E-state index contributed by atoms with van der Waals surface area (Å²) in [6.45, 7) is 0. The summed E-state index contributed by atoms with van der Waals surface area (Å²) >= 11 is 0. The van der Waals surface area contributed by atoms with Crippen LogP contribution in [-0.4, -0.2) is 41.2 Å². The third-order valence-electron chi connectivity index (χ3n) is 3.95. The van der Waals surface area contributed by atoms with Crippen molar-refractivity contribution in [1.29, 1.82) is 0 Å². The lowest BCUT2D eigenvalue weighted by Gasteiger charge is -2.28. The van der Waals surface area contributed by atoms with Gasteiger partial charge in [0.05, 0.1) is 13.5 Å². The Labute approximate surface area is 147 Å². The van der Waals surface area contributed by atoms with E-state index in [4.69, 9.17) is 9.47 Å². The molecular formula is C16H14O9S. The molecule has 1 heterocycles. The number of hydrogen-bond acceptors (Lipinski definition) is 8. The zero-order chi connectivity index (χ0) is 19.2. The lowest BCUT2D eigenvalue weighted by atomic mass is 9.95. The molecule has 0 bridgehead atoms. The van der Waals surface area contributed by atoms with Crippen LogP contribution in [-0.2, 0) is 10.1 Å². The van der Waals surface area contributed by atoms with Gasteiger partial charge >= 0.3 is 10.1 Å². The predicted molar refractivity (Wildman–Crippen MR) is 86.6 cm³/mol. The summed E-state index contributed by atoms with van der Waals surface area (Å²) in [4.78, 5) is 11.4. The summed E-state index contributed by atoms with van der Waals surface area (Å²) in [5.41, 5.74) is -0.0693. The fourth-order valence-corrected chi connectivity index (χ4v) is 3.51. The minimum atomic E-state index is -5.02. The third-order valence-corrected chi connectivity index (χ3v) is 4.85. The summed E-state index contributed by atoms with van der Waals surface area (Å²) < 4.78 is 43.2. The molecule has 138 valence electrons. The van der Waals surface area contributed by atoms with Crippen LogP contribution in [0.15, 0.2) is 29.2 Å². The van der Waals surface area contributed by atoms with E-state index in [2.05, 4.69) is 0 Å². The van der Waals surface area contributed by atoms with Crippen molar-refractivity contribution in [3.63, 3.8) is 0 Å². The van der Waals surface area contributed by atoms with Gasteiger partial charge in [0.2, 0.25) is 5.75 Å². The maximum atomic E-state index is 12.5. The number of carbonyl (C=O) groups is 1. The highest BCUT2D eigenvalue weighted by Gasteiger charge is 2.40. The third kappa shape index (κ3) is 2.78. The number of aromatic hydroxyl groups is 3. The number of Topliss-reactive ketones (excluding diaryl/α,β-unsaturated/α-hetero) is 1. The summed E-state index contributed by atoms with van der Waals surface area (Å²) in [5.74, 6) is -3.90. The number of ether oxygens (including phenoxy) is 2. The molecule has 2 aromatic rings. The minimum Gasteiger partial charge on any atom is -0.508 e. The van der Waals surface area contributed by atoms with Gasteiger partial charge in [0.15, 0.2) is 27.9 Å². The Balaban J connectivity index is 2.25. The molecule has 0 saturated carbocycles. The van der Waals surface area contributed by atoms with Crippen LogP contribution in [0.5, 0.6) is 28.7 Å². The normalized spacial score (nSPS) is 16.7. The van der Waals surface area contributed by atoms with Crippen molar-refractivity contribution < 1.29 is 42.6 Å². The Kier molecular flexibility index (Phi) is 4.17. The highest BCUT2D eigenvalue weighted by molar-refractivity contribution is 7.86. The van der Waals surface area contributed by atoms with E-state index in [0.717, 1.165) is 7.11 Å². The second kappa shape index (κ2) is 6.07. The zero-order valence-electron chi connectivity index (χ0n) is 13.3. The van der Waals surface area contributed by atoms with Gasteiger partial charge in [-0.15, -0.1) is 0 Å². The molecule has 2 aromatic carbocycles. The van der Waals surface area contributed by atoms with Gasteiger partial charge in [-0.1, -0.05) is 12.1 Å². The van der Waals surface area contributed by atoms with Crippen molar-refractivity contribution in [3.05, 3.63) is 35.4 Å². The van der Waals surface area contributed by atoms with Crippen LogP contribution in [0.25, 0.3) is 0 Å². The van der Waals surface area contributed by atoms with Crippen LogP contribution in [0.2, 0.25) is 0 Å². The molecule has 0 spiro atoms. The Morgan fingerprint density at radius 3 is 2.27 bits per heavy atom. The maximum Gasteiger partial charge on any atom is 0.302 e. The number of ketones is 1. The van der Waals surface area contributed by atoms with E-state index >= 15 is 0 Å². The van der Waals surface area contributed by atoms with Gasteiger partial charge in [-0.25, -0.2) is 0 Å². The van der Waals surface area contributed by atoms with Crippen LogP contribution in [0.4, 0.5) is 0 Å². The first-order valence-corrected chi connectivity index (χ1v) is 8.71. The van der Waals surface area contributed by atoms with Crippen molar-refractivity contribution in [1.82, 2.24) is 0 Å². The second-order valence-corrected chi connectivity index (χ2v) is 6.92. The molecule has 0 amide bonds. The Morgan fingerprint density at radius 2 is 1.73 bits per heavy atom. The summed E-state index contributed by atoms with van der Waals surface area (Å²) in [6, 6.07) is 5.64. The molecular weight excluding hydrogens is 368 g/mol. The summed E-state index contributed by atoms with van der Waals surface area (Å²) in [5, 5.41) is 29.6. The van der Waals surface area contributed by atoms with Crippen molar-refractivity contribution in [2.24, 2.45) is 0 Å². The SMILES string of the molecule is COc1c(O)c2c(c(S(=O)(=O)O)c1O)OC(c1ccc(O)cc1)CC2=O. The van der Waals surface area contributed by atoms with E-state index < -0.39 is 55.5 Å². The summed E-state index contributed by atoms with van der Waals surface area (Å²) in [7, 11) is -3.97. The number of fused-ring (bicyclic) bond motifs is 1. The smallest absolute Gasteiger partial charge is 0.302 e. The van der Waals surface area contributed by atoms with E-state index in [1.807, 2.05) is 0 Å². The Morgan fingerprint density at radius 1 is 1.12 bits per heavy atom. The fourth-order valence-electron chi connectivity index (χ4n) is 2.79. The number of carbonyl (C=O) groups excluding carboxylic acids is 1. The maximum absolute atomic E-state index is 12.5. The van der Waals surface area contributed by atoms with E-state index in [-0.39, 0.29) is 12.2 Å². The van der Waals surface area contributed by atoms with E-state index in [9.17, 15) is 33.1 Å². The highest BCUT2D eigenvalue weighted by atomic mass is 32.2. The number of rotatable bonds is 3. The second-order valence-electron chi connectivity index (χ2n) is 5.56. The lowest BCUT2D eigenvalue weighted by Crippen LogP contribution is -2.22. The van der Waals surface area contributed by atoms with Gasteiger partial charge < -0.3 is 24.8 Å². The minimum absolute atomic E-state index is 0.0186. The average Bonchev–Trinajstić information content (AvgIpc) is 2.54. The molecule has 9 nitrogen and oxygen atoms in total. The molecule has 1 atom stereocenters. The molecule has 26 heavy (non-hydrogen) atoms. The van der Waals surface area contributed by atoms with Crippen LogP contribution in [0.3, 0.4) is 0 Å². The Bertz CT molecular complexity index is 994. The molecule has 4 N–H and O–H groups in total. The van der Waals surface area contributed by atoms with Gasteiger partial charge in [-0.2, -0.15) is 8.42 Å². The van der Waals surface area contributed by atoms with Crippen molar-refractivity contribution >= 4 is 15.9 Å². The van der Waals surface area contributed by atoms with Crippen LogP contribution in [0, 0.1) is 0 Å². The average molecular weight is 382 g/mol. The number of methoxy groups -OCH3 is 1. The molecule has 10 heteroatoms. The van der Waals surface area contributed by atoms with E-state index in [1.165, 1.54) is 24.3 Å². The van der Waals surface area contributed by atoms with Crippen molar-refractivity contribution in [2.75, 3.05) is 7.11 Å². The molecule has 1 aliphatic rings. The number of phenols is 3. The molecule has 0 saturated heterocycles. The Hall–Kier alpha value is -2.98. The lowest BCUT2D eigenvalue weighted by molar-refractivity contribution is 0.0835.